The van der Waals surface area contributed by atoms with Gasteiger partial charge in [0.05, 0.1) is 6.54 Å². The number of carbonyl (C=O) groups excluding carboxylic acids is 1. The van der Waals surface area contributed by atoms with Crippen molar-refractivity contribution < 1.29 is 4.79 Å². The van der Waals surface area contributed by atoms with Crippen LogP contribution in [-0.2, 0) is 17.8 Å². The van der Waals surface area contributed by atoms with Gasteiger partial charge >= 0.3 is 0 Å². The Morgan fingerprint density at radius 2 is 2.08 bits per heavy atom. The molecule has 2 rings (SSSR count). The topological polar surface area (TPSA) is 87.4 Å². The van der Waals surface area contributed by atoms with Gasteiger partial charge in [0.25, 0.3) is 0 Å². The van der Waals surface area contributed by atoms with Crippen LogP contribution in [0.4, 0.5) is 0 Å². The summed E-state index contributed by atoms with van der Waals surface area (Å²) < 4.78 is 2.06. The molecule has 0 aliphatic carbocycles. The number of likely N-dealkylation sites (tertiary alicyclic amines) is 1. The second kappa shape index (κ2) is 12.1. The maximum atomic E-state index is 11.5. The van der Waals surface area contributed by atoms with Crippen LogP contribution in [-0.4, -0.2) is 64.8 Å². The second-order valence-corrected chi connectivity index (χ2v) is 6.34. The van der Waals surface area contributed by atoms with Crippen molar-refractivity contribution in [1.29, 1.82) is 0 Å². The summed E-state index contributed by atoms with van der Waals surface area (Å²) in [6.45, 7) is 8.40. The van der Waals surface area contributed by atoms with Crippen LogP contribution in [0.1, 0.15) is 38.9 Å². The lowest BCUT2D eigenvalue weighted by molar-refractivity contribution is -0.121. The molecule has 1 amide bonds. The Morgan fingerprint density at radius 1 is 1.35 bits per heavy atom. The van der Waals surface area contributed by atoms with Gasteiger partial charge in [0.15, 0.2) is 5.96 Å². The number of aliphatic imine (C=N–C) groups is 1. The summed E-state index contributed by atoms with van der Waals surface area (Å²) in [4.78, 5) is 18.6. The average Bonchev–Trinajstić information content (AvgIpc) is 3.09. The van der Waals surface area contributed by atoms with Gasteiger partial charge in [0.2, 0.25) is 5.91 Å². The maximum Gasteiger partial charge on any atom is 0.220 e. The lowest BCUT2D eigenvalue weighted by Gasteiger charge is -2.34. The highest BCUT2D eigenvalue weighted by Gasteiger charge is 2.23. The zero-order valence-corrected chi connectivity index (χ0v) is 18.4. The quantitative estimate of drug-likeness (QED) is 0.351. The van der Waals surface area contributed by atoms with Crippen molar-refractivity contribution in [1.82, 2.24) is 30.3 Å². The molecule has 2 heterocycles. The highest BCUT2D eigenvalue weighted by molar-refractivity contribution is 14.0. The van der Waals surface area contributed by atoms with Gasteiger partial charge < -0.3 is 20.1 Å². The van der Waals surface area contributed by atoms with E-state index in [0.29, 0.717) is 18.9 Å². The smallest absolute Gasteiger partial charge is 0.220 e. The maximum absolute atomic E-state index is 11.5. The first-order valence-corrected chi connectivity index (χ1v) is 9.28. The van der Waals surface area contributed by atoms with Crippen LogP contribution >= 0.6 is 24.0 Å². The molecular formula is C17H32IN7O. The van der Waals surface area contributed by atoms with E-state index in [4.69, 9.17) is 4.99 Å². The molecule has 0 aromatic carbocycles. The van der Waals surface area contributed by atoms with Crippen molar-refractivity contribution in [2.24, 2.45) is 10.9 Å². The average molecular weight is 477 g/mol. The summed E-state index contributed by atoms with van der Waals surface area (Å²) in [5.41, 5.74) is 0. The van der Waals surface area contributed by atoms with Crippen molar-refractivity contribution in [3.8, 4) is 0 Å². The Hall–Kier alpha value is -1.39. The largest absolute Gasteiger partial charge is 0.359 e. The standard InChI is InChI=1S/C17H31N7O.HI/c1-4-15-22-21-13-24(15)11-8-20-17(19-5-2)23-9-6-14(7-10-23)12-16(25)18-3;/h13-14H,4-12H2,1-3H3,(H,18,25)(H,19,20);1H. The summed E-state index contributed by atoms with van der Waals surface area (Å²) in [5, 5.41) is 14.2. The zero-order valence-electron chi connectivity index (χ0n) is 16.1. The van der Waals surface area contributed by atoms with E-state index in [2.05, 4.69) is 44.1 Å². The SMILES string of the molecule is CCNC(=NCCn1cnnc1CC)N1CCC(CC(=O)NC)CC1.I. The fourth-order valence-corrected chi connectivity index (χ4v) is 3.14. The number of rotatable bonds is 7. The molecule has 0 atom stereocenters. The molecule has 1 saturated heterocycles. The van der Waals surface area contributed by atoms with Gasteiger partial charge in [-0.1, -0.05) is 6.92 Å². The van der Waals surface area contributed by atoms with Crippen LogP contribution in [0.2, 0.25) is 0 Å². The molecule has 0 bridgehead atoms. The number of piperidine rings is 1. The molecule has 1 aromatic rings. The normalized spacial score (nSPS) is 15.5. The van der Waals surface area contributed by atoms with E-state index < -0.39 is 0 Å². The molecule has 1 aliphatic heterocycles. The first kappa shape index (κ1) is 22.7. The molecule has 0 saturated carbocycles. The van der Waals surface area contributed by atoms with Gasteiger partial charge in [0.1, 0.15) is 12.2 Å². The number of hydrogen-bond donors (Lipinski definition) is 2. The van der Waals surface area contributed by atoms with Crippen molar-refractivity contribution in [3.05, 3.63) is 12.2 Å². The molecule has 148 valence electrons. The van der Waals surface area contributed by atoms with Gasteiger partial charge in [0, 0.05) is 46.1 Å². The molecule has 0 radical (unpaired) electrons. The van der Waals surface area contributed by atoms with E-state index in [1.165, 1.54) is 0 Å². The number of aryl methyl sites for hydroxylation is 1. The Balaban J connectivity index is 0.00000338. The van der Waals surface area contributed by atoms with E-state index >= 15 is 0 Å². The molecule has 8 nitrogen and oxygen atoms in total. The number of guanidine groups is 1. The van der Waals surface area contributed by atoms with Gasteiger partial charge in [-0.3, -0.25) is 9.79 Å². The third-order valence-corrected chi connectivity index (χ3v) is 4.62. The lowest BCUT2D eigenvalue weighted by Crippen LogP contribution is -2.46. The number of carbonyl (C=O) groups is 1. The summed E-state index contributed by atoms with van der Waals surface area (Å²) in [7, 11) is 1.70. The lowest BCUT2D eigenvalue weighted by atomic mass is 9.93. The number of halogens is 1. The molecular weight excluding hydrogens is 445 g/mol. The first-order chi connectivity index (χ1) is 12.2. The number of nitrogens with one attached hydrogen (secondary N) is 2. The first-order valence-electron chi connectivity index (χ1n) is 9.28. The Bertz CT molecular complexity index is 567. The second-order valence-electron chi connectivity index (χ2n) is 6.34. The third-order valence-electron chi connectivity index (χ3n) is 4.62. The van der Waals surface area contributed by atoms with Crippen LogP contribution < -0.4 is 10.6 Å². The van der Waals surface area contributed by atoms with Crippen LogP contribution in [0.3, 0.4) is 0 Å². The van der Waals surface area contributed by atoms with E-state index in [1.807, 2.05) is 0 Å². The molecule has 0 unspecified atom stereocenters. The van der Waals surface area contributed by atoms with E-state index in [9.17, 15) is 4.79 Å². The highest BCUT2D eigenvalue weighted by atomic mass is 127. The van der Waals surface area contributed by atoms with Gasteiger partial charge in [-0.15, -0.1) is 34.2 Å². The third kappa shape index (κ3) is 6.73. The van der Waals surface area contributed by atoms with Gasteiger partial charge in [-0.2, -0.15) is 0 Å². The molecule has 2 N–H and O–H groups in total. The monoisotopic (exact) mass is 477 g/mol. The Morgan fingerprint density at radius 3 is 2.69 bits per heavy atom. The fourth-order valence-electron chi connectivity index (χ4n) is 3.14. The highest BCUT2D eigenvalue weighted by Crippen LogP contribution is 2.20. The van der Waals surface area contributed by atoms with Crippen molar-refractivity contribution in [2.75, 3.05) is 33.2 Å². The number of amides is 1. The predicted molar refractivity (Wildman–Crippen MR) is 114 cm³/mol. The molecule has 9 heteroatoms. The zero-order chi connectivity index (χ0) is 18.1. The molecule has 1 fully saturated rings. The van der Waals surface area contributed by atoms with Gasteiger partial charge in [-0.05, 0) is 25.7 Å². The van der Waals surface area contributed by atoms with Crippen LogP contribution in [0.15, 0.2) is 11.3 Å². The predicted octanol–water partition coefficient (Wildman–Crippen LogP) is 1.27. The van der Waals surface area contributed by atoms with Crippen LogP contribution in [0.5, 0.6) is 0 Å². The summed E-state index contributed by atoms with van der Waals surface area (Å²) in [6.07, 6.45) is 5.34. The van der Waals surface area contributed by atoms with Crippen molar-refractivity contribution in [2.45, 2.75) is 46.1 Å². The Labute approximate surface area is 173 Å². The minimum Gasteiger partial charge on any atom is -0.359 e. The number of nitrogens with zero attached hydrogens (tertiary/aromatic N) is 5. The van der Waals surface area contributed by atoms with E-state index in [-0.39, 0.29) is 29.9 Å². The Kier molecular flexibility index (Phi) is 10.5. The van der Waals surface area contributed by atoms with Crippen LogP contribution in [0.25, 0.3) is 0 Å². The van der Waals surface area contributed by atoms with Gasteiger partial charge in [-0.25, -0.2) is 0 Å². The summed E-state index contributed by atoms with van der Waals surface area (Å²) >= 11 is 0. The minimum atomic E-state index is 0. The number of hydrogen-bond acceptors (Lipinski definition) is 4. The fraction of sp³-hybridized carbons (Fsp3) is 0.765. The van der Waals surface area contributed by atoms with Crippen molar-refractivity contribution >= 4 is 35.8 Å². The molecule has 26 heavy (non-hydrogen) atoms. The summed E-state index contributed by atoms with van der Waals surface area (Å²) in [5.74, 6) is 2.57. The molecule has 1 aliphatic rings. The minimum absolute atomic E-state index is 0. The number of aromatic nitrogens is 3. The molecule has 1 aromatic heterocycles. The van der Waals surface area contributed by atoms with Crippen LogP contribution in [0, 0.1) is 5.92 Å². The van der Waals surface area contributed by atoms with Crippen molar-refractivity contribution in [3.63, 3.8) is 0 Å². The molecule has 0 spiro atoms. The van der Waals surface area contributed by atoms with E-state index in [0.717, 1.165) is 57.2 Å². The van der Waals surface area contributed by atoms with E-state index in [1.54, 1.807) is 13.4 Å². The summed E-state index contributed by atoms with van der Waals surface area (Å²) in [6, 6.07) is 0.